The van der Waals surface area contributed by atoms with E-state index >= 15 is 0 Å². The number of alkyl halides is 3. The summed E-state index contributed by atoms with van der Waals surface area (Å²) in [5.41, 5.74) is -4.07. The highest BCUT2D eigenvalue weighted by atomic mass is 32.2. The first kappa shape index (κ1) is 16.1. The van der Waals surface area contributed by atoms with Crippen LogP contribution in [0.2, 0.25) is 0 Å². The Morgan fingerprint density at radius 1 is 1.12 bits per heavy atom. The number of thioether (sulfide) groups is 1. The van der Waals surface area contributed by atoms with Crippen LogP contribution in [0.15, 0.2) is 0 Å². The molecule has 1 unspecified atom stereocenters. The minimum Gasteiger partial charge on any atom is -0.314 e. The van der Waals surface area contributed by atoms with Gasteiger partial charge >= 0.3 is 5.51 Å². The zero-order valence-corrected chi connectivity index (χ0v) is 10.9. The third-order valence-electron chi connectivity index (χ3n) is 2.28. The standard InChI is InChI=1S/C11H22F3NS/c1-3-6-10(15-8-4-2)7-5-9-16-11(12,13)14/h10,15H,3-9H2,1-2H3. The predicted octanol–water partition coefficient (Wildman–Crippen LogP) is 4.19. The van der Waals surface area contributed by atoms with E-state index in [-0.39, 0.29) is 17.5 Å². The number of hydrogen-bond acceptors (Lipinski definition) is 2. The molecular formula is C11H22F3NS. The summed E-state index contributed by atoms with van der Waals surface area (Å²) >= 11 is 0.0897. The first-order valence-electron chi connectivity index (χ1n) is 5.93. The van der Waals surface area contributed by atoms with Gasteiger partial charge in [-0.05, 0) is 32.2 Å². The summed E-state index contributed by atoms with van der Waals surface area (Å²) < 4.78 is 35.6. The van der Waals surface area contributed by atoms with Gasteiger partial charge in [-0.3, -0.25) is 0 Å². The molecule has 0 aliphatic heterocycles. The molecule has 0 aliphatic carbocycles. The van der Waals surface area contributed by atoms with Crippen LogP contribution in [0.4, 0.5) is 13.2 Å². The van der Waals surface area contributed by atoms with Crippen LogP contribution in [-0.2, 0) is 0 Å². The number of nitrogens with one attached hydrogen (secondary N) is 1. The number of rotatable bonds is 9. The molecule has 0 aromatic rings. The first-order chi connectivity index (χ1) is 7.49. The van der Waals surface area contributed by atoms with Crippen LogP contribution in [0.3, 0.4) is 0 Å². The predicted molar refractivity (Wildman–Crippen MR) is 64.7 cm³/mol. The fourth-order valence-corrected chi connectivity index (χ4v) is 2.11. The van der Waals surface area contributed by atoms with E-state index in [2.05, 4.69) is 19.2 Å². The van der Waals surface area contributed by atoms with Crippen molar-refractivity contribution < 1.29 is 13.2 Å². The Kier molecular flexibility index (Phi) is 9.22. The molecule has 1 atom stereocenters. The van der Waals surface area contributed by atoms with Gasteiger partial charge in [-0.15, -0.1) is 0 Å². The van der Waals surface area contributed by atoms with E-state index in [1.165, 1.54) is 0 Å². The van der Waals surface area contributed by atoms with Gasteiger partial charge in [0.1, 0.15) is 0 Å². The molecule has 16 heavy (non-hydrogen) atoms. The summed E-state index contributed by atoms with van der Waals surface area (Å²) in [5, 5.41) is 3.38. The lowest BCUT2D eigenvalue weighted by Gasteiger charge is -2.17. The minimum absolute atomic E-state index is 0.0897. The van der Waals surface area contributed by atoms with E-state index in [0.29, 0.717) is 12.5 Å². The highest BCUT2D eigenvalue weighted by Gasteiger charge is 2.27. The Morgan fingerprint density at radius 3 is 2.31 bits per heavy atom. The normalized spacial score (nSPS) is 14.1. The Labute approximate surface area is 101 Å². The van der Waals surface area contributed by atoms with Crippen molar-refractivity contribution in [3.05, 3.63) is 0 Å². The monoisotopic (exact) mass is 257 g/mol. The van der Waals surface area contributed by atoms with Gasteiger partial charge in [0.25, 0.3) is 0 Å². The molecule has 1 N–H and O–H groups in total. The molecule has 0 heterocycles. The summed E-state index contributed by atoms with van der Waals surface area (Å²) in [6, 6.07) is 0.388. The smallest absolute Gasteiger partial charge is 0.314 e. The van der Waals surface area contributed by atoms with E-state index in [1.807, 2.05) is 0 Å². The fourth-order valence-electron chi connectivity index (χ4n) is 1.56. The van der Waals surface area contributed by atoms with Gasteiger partial charge in [0.05, 0.1) is 0 Å². The second-order valence-electron chi connectivity index (χ2n) is 3.88. The van der Waals surface area contributed by atoms with Crippen molar-refractivity contribution in [3.63, 3.8) is 0 Å². The fraction of sp³-hybridized carbons (Fsp3) is 1.00. The summed E-state index contributed by atoms with van der Waals surface area (Å²) in [7, 11) is 0. The van der Waals surface area contributed by atoms with Crippen molar-refractivity contribution in [2.24, 2.45) is 0 Å². The van der Waals surface area contributed by atoms with Gasteiger partial charge < -0.3 is 5.32 Å². The molecule has 5 heteroatoms. The lowest BCUT2D eigenvalue weighted by molar-refractivity contribution is -0.0328. The average molecular weight is 257 g/mol. The second-order valence-corrected chi connectivity index (χ2v) is 5.04. The molecule has 0 aliphatic rings. The minimum atomic E-state index is -4.07. The van der Waals surface area contributed by atoms with Crippen molar-refractivity contribution in [1.82, 2.24) is 5.32 Å². The third kappa shape index (κ3) is 10.6. The Bertz CT molecular complexity index is 162. The lowest BCUT2D eigenvalue weighted by atomic mass is 10.1. The summed E-state index contributed by atoms with van der Waals surface area (Å²) in [5.74, 6) is 0.178. The highest BCUT2D eigenvalue weighted by molar-refractivity contribution is 8.00. The zero-order chi connectivity index (χ0) is 12.4. The molecule has 0 saturated heterocycles. The number of hydrogen-bond donors (Lipinski definition) is 1. The van der Waals surface area contributed by atoms with Crippen molar-refractivity contribution in [1.29, 1.82) is 0 Å². The largest absolute Gasteiger partial charge is 0.441 e. The average Bonchev–Trinajstić information content (AvgIpc) is 2.19. The Balaban J connectivity index is 3.59. The van der Waals surface area contributed by atoms with Crippen LogP contribution >= 0.6 is 11.8 Å². The van der Waals surface area contributed by atoms with E-state index in [1.54, 1.807) is 0 Å². The molecule has 0 fully saturated rings. The molecule has 0 saturated carbocycles. The van der Waals surface area contributed by atoms with E-state index in [4.69, 9.17) is 0 Å². The van der Waals surface area contributed by atoms with Gasteiger partial charge in [0.15, 0.2) is 0 Å². The molecule has 0 rings (SSSR count). The molecule has 0 aromatic heterocycles. The van der Waals surface area contributed by atoms with Crippen molar-refractivity contribution >= 4 is 11.8 Å². The topological polar surface area (TPSA) is 12.0 Å². The second kappa shape index (κ2) is 9.16. The van der Waals surface area contributed by atoms with Crippen molar-refractivity contribution in [3.8, 4) is 0 Å². The quantitative estimate of drug-likeness (QED) is 0.622. The van der Waals surface area contributed by atoms with Gasteiger partial charge in [0, 0.05) is 11.8 Å². The zero-order valence-electron chi connectivity index (χ0n) is 10.1. The van der Waals surface area contributed by atoms with Gasteiger partial charge in [-0.2, -0.15) is 13.2 Å². The van der Waals surface area contributed by atoms with Gasteiger partial charge in [-0.1, -0.05) is 32.0 Å². The summed E-state index contributed by atoms with van der Waals surface area (Å²) in [6.45, 7) is 5.15. The molecule has 0 bridgehead atoms. The number of halogens is 3. The van der Waals surface area contributed by atoms with Gasteiger partial charge in [-0.25, -0.2) is 0 Å². The van der Waals surface area contributed by atoms with Crippen LogP contribution in [0.25, 0.3) is 0 Å². The molecule has 0 aromatic carbocycles. The van der Waals surface area contributed by atoms with E-state index in [0.717, 1.165) is 32.2 Å². The summed E-state index contributed by atoms with van der Waals surface area (Å²) in [6.07, 6.45) is 4.67. The van der Waals surface area contributed by atoms with Crippen LogP contribution < -0.4 is 5.32 Å². The molecule has 1 nitrogen and oxygen atoms in total. The maximum absolute atomic E-state index is 11.9. The van der Waals surface area contributed by atoms with Gasteiger partial charge in [0.2, 0.25) is 0 Å². The SMILES string of the molecule is CCCNC(CCC)CCCSC(F)(F)F. The molecular weight excluding hydrogens is 235 g/mol. The lowest BCUT2D eigenvalue weighted by Crippen LogP contribution is -2.29. The third-order valence-corrected chi connectivity index (χ3v) is 3.10. The van der Waals surface area contributed by atoms with E-state index < -0.39 is 5.51 Å². The summed E-state index contributed by atoms with van der Waals surface area (Å²) in [4.78, 5) is 0. The molecule has 98 valence electrons. The van der Waals surface area contributed by atoms with Crippen LogP contribution in [0.5, 0.6) is 0 Å². The van der Waals surface area contributed by atoms with E-state index in [9.17, 15) is 13.2 Å². The molecule has 0 spiro atoms. The maximum atomic E-state index is 11.9. The van der Waals surface area contributed by atoms with Crippen molar-refractivity contribution in [2.75, 3.05) is 12.3 Å². The van der Waals surface area contributed by atoms with Crippen molar-refractivity contribution in [2.45, 2.75) is 57.5 Å². The first-order valence-corrected chi connectivity index (χ1v) is 6.92. The maximum Gasteiger partial charge on any atom is 0.441 e. The van der Waals surface area contributed by atoms with Crippen LogP contribution in [-0.4, -0.2) is 23.8 Å². The highest BCUT2D eigenvalue weighted by Crippen LogP contribution is 2.30. The van der Waals surface area contributed by atoms with Crippen LogP contribution in [0, 0.1) is 0 Å². The molecule has 0 radical (unpaired) electrons. The molecule has 0 amide bonds. The Hall–Kier alpha value is 0.100. The Morgan fingerprint density at radius 2 is 1.81 bits per heavy atom. The van der Waals surface area contributed by atoms with Crippen LogP contribution in [0.1, 0.15) is 46.0 Å².